The van der Waals surface area contributed by atoms with Gasteiger partial charge in [-0.1, -0.05) is 27.7 Å². The Morgan fingerprint density at radius 1 is 1.14 bits per heavy atom. The van der Waals surface area contributed by atoms with Crippen molar-refractivity contribution in [3.05, 3.63) is 0 Å². The van der Waals surface area contributed by atoms with E-state index in [2.05, 4.69) is 0 Å². The number of esters is 1. The van der Waals surface area contributed by atoms with Crippen LogP contribution in [-0.4, -0.2) is 45.1 Å². The Morgan fingerprint density at radius 2 is 1.71 bits per heavy atom. The maximum Gasteiger partial charge on any atom is 0.312 e. The smallest absolute Gasteiger partial charge is 0.312 e. The van der Waals surface area contributed by atoms with Crippen LogP contribution in [0.2, 0.25) is 0 Å². The van der Waals surface area contributed by atoms with E-state index in [1.165, 1.54) is 7.11 Å². The van der Waals surface area contributed by atoms with Gasteiger partial charge in [-0.2, -0.15) is 8.42 Å². The van der Waals surface area contributed by atoms with Crippen molar-refractivity contribution in [2.75, 3.05) is 7.11 Å². The lowest BCUT2D eigenvalue weighted by Gasteiger charge is -2.46. The highest BCUT2D eigenvalue weighted by Crippen LogP contribution is 2.64. The number of fused-ring (bicyclic) bond motifs is 1. The molecule has 0 aliphatic carbocycles. The lowest BCUT2D eigenvalue weighted by atomic mass is 9.56. The zero-order valence-corrected chi connectivity index (χ0v) is 13.7. The molecule has 7 heteroatoms. The van der Waals surface area contributed by atoms with Gasteiger partial charge in [0.1, 0.15) is 23.4 Å². The van der Waals surface area contributed by atoms with Crippen LogP contribution >= 0.6 is 0 Å². The Bertz CT molecular complexity index is 558. The minimum Gasteiger partial charge on any atom is -0.469 e. The number of hydrogen-bond donors (Lipinski definition) is 0. The van der Waals surface area contributed by atoms with Crippen molar-refractivity contribution < 1.29 is 26.9 Å². The molecule has 0 spiro atoms. The molecule has 3 saturated heterocycles. The van der Waals surface area contributed by atoms with Gasteiger partial charge in [0.05, 0.1) is 13.2 Å². The first-order chi connectivity index (χ1) is 9.69. The first kappa shape index (κ1) is 15.2. The molecule has 0 N–H and O–H groups in total. The largest absolute Gasteiger partial charge is 0.469 e. The summed E-state index contributed by atoms with van der Waals surface area (Å²) >= 11 is 0. The zero-order chi connectivity index (χ0) is 15.7. The molecule has 3 heterocycles. The normalized spacial score (nSPS) is 42.0. The number of carbonyl (C=O) groups excluding carboxylic acids is 1. The lowest BCUT2D eigenvalue weighted by molar-refractivity contribution is -0.152. The van der Waals surface area contributed by atoms with Crippen molar-refractivity contribution in [2.45, 2.75) is 51.3 Å². The SMILES string of the molecule is COC(=O)C1C2OC3C(OS(=O)(=O)C31)C2(C(C)C)C(C)C. The van der Waals surface area contributed by atoms with E-state index in [1.54, 1.807) is 0 Å². The molecule has 3 aliphatic rings. The van der Waals surface area contributed by atoms with Gasteiger partial charge in [0, 0.05) is 5.41 Å². The predicted molar refractivity (Wildman–Crippen MR) is 73.9 cm³/mol. The van der Waals surface area contributed by atoms with E-state index in [0.29, 0.717) is 0 Å². The summed E-state index contributed by atoms with van der Waals surface area (Å²) in [6.45, 7) is 8.12. The molecule has 0 aromatic carbocycles. The first-order valence-corrected chi connectivity index (χ1v) is 8.82. The molecule has 5 atom stereocenters. The molecule has 0 aromatic heterocycles. The van der Waals surface area contributed by atoms with Gasteiger partial charge >= 0.3 is 5.97 Å². The molecule has 0 aromatic rings. The average molecular weight is 318 g/mol. The summed E-state index contributed by atoms with van der Waals surface area (Å²) < 4.78 is 40.9. The van der Waals surface area contributed by atoms with E-state index in [1.807, 2.05) is 27.7 Å². The van der Waals surface area contributed by atoms with Gasteiger partial charge in [-0.25, -0.2) is 0 Å². The van der Waals surface area contributed by atoms with Gasteiger partial charge in [0.2, 0.25) is 0 Å². The third-order valence-corrected chi connectivity index (χ3v) is 7.34. The number of carbonyl (C=O) groups is 1. The Balaban J connectivity index is 2.18. The van der Waals surface area contributed by atoms with Crippen LogP contribution in [0.4, 0.5) is 0 Å². The van der Waals surface area contributed by atoms with Crippen molar-refractivity contribution in [1.82, 2.24) is 0 Å². The minimum absolute atomic E-state index is 0.124. The fourth-order valence-corrected chi connectivity index (χ4v) is 6.73. The summed E-state index contributed by atoms with van der Waals surface area (Å²) in [4.78, 5) is 12.2. The fourth-order valence-electron chi connectivity index (χ4n) is 4.89. The Labute approximate surface area is 125 Å². The molecular weight excluding hydrogens is 296 g/mol. The van der Waals surface area contributed by atoms with Crippen LogP contribution in [0.5, 0.6) is 0 Å². The fraction of sp³-hybridized carbons (Fsp3) is 0.929. The second-order valence-corrected chi connectivity index (χ2v) is 8.58. The van der Waals surface area contributed by atoms with Crippen LogP contribution in [-0.2, 0) is 28.6 Å². The van der Waals surface area contributed by atoms with E-state index >= 15 is 0 Å². The standard InChI is InChI=1S/C14H22O6S/c1-6(2)14(7(3)4)11-8(13(15)18-5)10-9(19-11)12(14)20-21(10,16)17/h6-12H,1-5H3. The zero-order valence-electron chi connectivity index (χ0n) is 12.9. The number of methoxy groups -OCH3 is 1. The van der Waals surface area contributed by atoms with E-state index < -0.39 is 51.0 Å². The Kier molecular flexibility index (Phi) is 3.21. The highest BCUT2D eigenvalue weighted by molar-refractivity contribution is 7.87. The maximum absolute atomic E-state index is 12.3. The van der Waals surface area contributed by atoms with E-state index in [0.717, 1.165) is 0 Å². The monoisotopic (exact) mass is 318 g/mol. The maximum atomic E-state index is 12.3. The van der Waals surface area contributed by atoms with Gasteiger partial charge in [-0.05, 0) is 11.8 Å². The predicted octanol–water partition coefficient (Wildman–Crippen LogP) is 0.952. The van der Waals surface area contributed by atoms with Crippen LogP contribution in [0.15, 0.2) is 0 Å². The van der Waals surface area contributed by atoms with Gasteiger partial charge in [-0.15, -0.1) is 0 Å². The molecule has 6 nitrogen and oxygen atoms in total. The summed E-state index contributed by atoms with van der Waals surface area (Å²) in [6.07, 6.45) is -1.53. The minimum atomic E-state index is -3.80. The van der Waals surface area contributed by atoms with Crippen LogP contribution in [0, 0.1) is 23.2 Å². The summed E-state index contributed by atoms with van der Waals surface area (Å²) in [6, 6.07) is 0. The Hall–Kier alpha value is -0.660. The van der Waals surface area contributed by atoms with Crippen molar-refractivity contribution >= 4 is 16.1 Å². The quantitative estimate of drug-likeness (QED) is 0.569. The molecule has 120 valence electrons. The molecule has 0 radical (unpaired) electrons. The second kappa shape index (κ2) is 4.43. The number of hydrogen-bond acceptors (Lipinski definition) is 6. The molecule has 5 unspecified atom stereocenters. The second-order valence-electron chi connectivity index (χ2n) is 6.85. The molecule has 3 fully saturated rings. The average Bonchev–Trinajstić information content (AvgIpc) is 2.95. The molecule has 2 bridgehead atoms. The van der Waals surface area contributed by atoms with Crippen molar-refractivity contribution in [3.8, 4) is 0 Å². The first-order valence-electron chi connectivity index (χ1n) is 7.35. The van der Waals surface area contributed by atoms with Gasteiger partial charge < -0.3 is 9.47 Å². The van der Waals surface area contributed by atoms with Gasteiger partial charge in [0.25, 0.3) is 10.1 Å². The van der Waals surface area contributed by atoms with Crippen LogP contribution in [0.1, 0.15) is 27.7 Å². The van der Waals surface area contributed by atoms with E-state index in [-0.39, 0.29) is 11.8 Å². The van der Waals surface area contributed by atoms with Crippen LogP contribution in [0.25, 0.3) is 0 Å². The van der Waals surface area contributed by atoms with Gasteiger partial charge in [0.15, 0.2) is 0 Å². The highest BCUT2D eigenvalue weighted by Gasteiger charge is 2.78. The lowest BCUT2D eigenvalue weighted by Crippen LogP contribution is -2.57. The third kappa shape index (κ3) is 1.60. The van der Waals surface area contributed by atoms with Gasteiger partial charge in [-0.3, -0.25) is 8.98 Å². The Morgan fingerprint density at radius 3 is 2.19 bits per heavy atom. The van der Waals surface area contributed by atoms with Crippen molar-refractivity contribution in [3.63, 3.8) is 0 Å². The molecule has 3 aliphatic heterocycles. The van der Waals surface area contributed by atoms with Crippen LogP contribution < -0.4 is 0 Å². The number of rotatable bonds is 3. The molecule has 21 heavy (non-hydrogen) atoms. The van der Waals surface area contributed by atoms with Crippen molar-refractivity contribution in [1.29, 1.82) is 0 Å². The summed E-state index contributed by atoms with van der Waals surface area (Å²) in [7, 11) is -2.52. The summed E-state index contributed by atoms with van der Waals surface area (Å²) in [5.41, 5.74) is -0.496. The molecule has 3 rings (SSSR count). The van der Waals surface area contributed by atoms with Crippen molar-refractivity contribution in [2.24, 2.45) is 23.2 Å². The molecule has 0 saturated carbocycles. The number of ether oxygens (including phenoxy) is 2. The highest BCUT2D eigenvalue weighted by atomic mass is 32.2. The van der Waals surface area contributed by atoms with E-state index in [9.17, 15) is 13.2 Å². The van der Waals surface area contributed by atoms with Crippen LogP contribution in [0.3, 0.4) is 0 Å². The third-order valence-electron chi connectivity index (χ3n) is 5.64. The topological polar surface area (TPSA) is 78.9 Å². The molecule has 0 amide bonds. The molecular formula is C14H22O6S. The summed E-state index contributed by atoms with van der Waals surface area (Å²) in [5, 5.41) is -0.925. The summed E-state index contributed by atoms with van der Waals surface area (Å²) in [5.74, 6) is -1.07. The van der Waals surface area contributed by atoms with E-state index in [4.69, 9.17) is 13.7 Å².